The van der Waals surface area contributed by atoms with Crippen LogP contribution in [0.2, 0.25) is 0 Å². The maximum absolute atomic E-state index is 12.3. The van der Waals surface area contributed by atoms with Crippen LogP contribution in [0.15, 0.2) is 61.2 Å². The first kappa shape index (κ1) is 18.1. The molecule has 0 aliphatic carbocycles. The Morgan fingerprint density at radius 2 is 2.15 bits per heavy atom. The van der Waals surface area contributed by atoms with Crippen molar-refractivity contribution in [2.75, 3.05) is 5.32 Å². The van der Waals surface area contributed by atoms with Crippen molar-refractivity contribution in [2.45, 2.75) is 6.67 Å². The molecule has 6 N–H and O–H groups in total. The predicted octanol–water partition coefficient (Wildman–Crippen LogP) is 2.55. The molecule has 0 bridgehead atoms. The number of aromatic nitrogens is 2. The molecule has 2 heterocycles. The van der Waals surface area contributed by atoms with Gasteiger partial charge in [-0.2, -0.15) is 0 Å². The van der Waals surface area contributed by atoms with Gasteiger partial charge in [-0.3, -0.25) is 9.78 Å². The van der Waals surface area contributed by atoms with Gasteiger partial charge in [0.05, 0.1) is 6.67 Å². The van der Waals surface area contributed by atoms with Crippen LogP contribution in [0.4, 0.5) is 5.69 Å². The molecule has 0 atom stereocenters. The summed E-state index contributed by atoms with van der Waals surface area (Å²) < 4.78 is 1.93. The Labute approximate surface area is 156 Å². The Morgan fingerprint density at radius 3 is 2.89 bits per heavy atom. The maximum Gasteiger partial charge on any atom is 0.248 e. The summed E-state index contributed by atoms with van der Waals surface area (Å²) in [6.45, 7) is 0.403. The van der Waals surface area contributed by atoms with E-state index in [-0.39, 0.29) is 5.91 Å². The van der Waals surface area contributed by atoms with E-state index in [0.717, 1.165) is 22.7 Å². The fourth-order valence-electron chi connectivity index (χ4n) is 2.80. The second-order valence-electron chi connectivity index (χ2n) is 5.79. The van der Waals surface area contributed by atoms with E-state index in [2.05, 4.69) is 10.3 Å². The SMILES string of the molecule is N=C/C(=C\N)c1ccncc1/C=C/C(=O)Nc1ccc2c(ccn2CN)c1. The molecule has 0 saturated carbocycles. The van der Waals surface area contributed by atoms with Crippen LogP contribution >= 0.6 is 0 Å². The molecular formula is C20H20N6O. The average molecular weight is 360 g/mol. The van der Waals surface area contributed by atoms with Crippen molar-refractivity contribution in [3.05, 3.63) is 72.3 Å². The second kappa shape index (κ2) is 8.11. The number of pyridine rings is 1. The molecule has 27 heavy (non-hydrogen) atoms. The summed E-state index contributed by atoms with van der Waals surface area (Å²) in [5.74, 6) is -0.268. The first-order valence-electron chi connectivity index (χ1n) is 8.31. The number of hydrogen-bond acceptors (Lipinski definition) is 5. The van der Waals surface area contributed by atoms with Crippen LogP contribution in [0.25, 0.3) is 22.6 Å². The van der Waals surface area contributed by atoms with Crippen molar-refractivity contribution in [1.82, 2.24) is 9.55 Å². The molecule has 0 spiro atoms. The summed E-state index contributed by atoms with van der Waals surface area (Å²) in [7, 11) is 0. The van der Waals surface area contributed by atoms with Crippen LogP contribution in [-0.2, 0) is 11.5 Å². The predicted molar refractivity (Wildman–Crippen MR) is 109 cm³/mol. The lowest BCUT2D eigenvalue weighted by Gasteiger charge is -2.06. The van der Waals surface area contributed by atoms with E-state index < -0.39 is 0 Å². The molecule has 7 heteroatoms. The molecule has 3 rings (SSSR count). The van der Waals surface area contributed by atoms with Crippen molar-refractivity contribution in [3.63, 3.8) is 0 Å². The molecule has 1 amide bonds. The van der Waals surface area contributed by atoms with Crippen molar-refractivity contribution in [2.24, 2.45) is 11.5 Å². The number of nitrogens with two attached hydrogens (primary N) is 2. The highest BCUT2D eigenvalue weighted by Crippen LogP contribution is 2.21. The standard InChI is InChI=1S/C20H20N6O/c21-10-16(11-22)18-5-7-24-12-15(18)1-4-20(27)25-17-2-3-19-14(9-17)6-8-26(19)13-23/h1-12,21H,13,22-23H2,(H,25,27)/b4-1+,16-11+,21-10?. The lowest BCUT2D eigenvalue weighted by Crippen LogP contribution is -2.08. The molecule has 0 fully saturated rings. The molecule has 0 aliphatic rings. The minimum absolute atomic E-state index is 0.268. The number of fused-ring (bicyclic) bond motifs is 1. The van der Waals surface area contributed by atoms with E-state index in [1.165, 1.54) is 12.3 Å². The number of carbonyl (C=O) groups excluding carboxylic acids is 1. The molecule has 0 radical (unpaired) electrons. The third kappa shape index (κ3) is 3.94. The van der Waals surface area contributed by atoms with E-state index in [1.54, 1.807) is 24.5 Å². The van der Waals surface area contributed by atoms with Crippen LogP contribution in [0.5, 0.6) is 0 Å². The molecule has 1 aromatic carbocycles. The summed E-state index contributed by atoms with van der Waals surface area (Å²) in [4.78, 5) is 16.3. The number of nitrogens with one attached hydrogen (secondary N) is 2. The van der Waals surface area contributed by atoms with Gasteiger partial charge in [-0.1, -0.05) is 0 Å². The van der Waals surface area contributed by atoms with E-state index in [0.29, 0.717) is 23.5 Å². The van der Waals surface area contributed by atoms with Crippen LogP contribution in [0.1, 0.15) is 11.1 Å². The molecule has 136 valence electrons. The fraction of sp³-hybridized carbons (Fsp3) is 0.0500. The Kier molecular flexibility index (Phi) is 5.44. The lowest BCUT2D eigenvalue weighted by molar-refractivity contribution is -0.111. The number of nitrogens with zero attached hydrogens (tertiary/aromatic N) is 2. The summed E-state index contributed by atoms with van der Waals surface area (Å²) in [6, 6.07) is 9.35. The maximum atomic E-state index is 12.3. The number of hydrogen-bond donors (Lipinski definition) is 4. The fourth-order valence-corrected chi connectivity index (χ4v) is 2.80. The highest BCUT2D eigenvalue weighted by atomic mass is 16.1. The van der Waals surface area contributed by atoms with Gasteiger partial charge in [0, 0.05) is 64.8 Å². The zero-order chi connectivity index (χ0) is 19.2. The second-order valence-corrected chi connectivity index (χ2v) is 5.79. The Bertz CT molecular complexity index is 1050. The average Bonchev–Trinajstić information content (AvgIpc) is 3.10. The largest absolute Gasteiger partial charge is 0.404 e. The van der Waals surface area contributed by atoms with Gasteiger partial charge in [0.25, 0.3) is 0 Å². The van der Waals surface area contributed by atoms with Gasteiger partial charge >= 0.3 is 0 Å². The monoisotopic (exact) mass is 360 g/mol. The minimum atomic E-state index is -0.268. The summed E-state index contributed by atoms with van der Waals surface area (Å²) in [6.07, 6.45) is 10.7. The van der Waals surface area contributed by atoms with E-state index in [1.807, 2.05) is 35.0 Å². The summed E-state index contributed by atoms with van der Waals surface area (Å²) in [5.41, 5.74) is 14.9. The van der Waals surface area contributed by atoms with E-state index in [9.17, 15) is 4.79 Å². The van der Waals surface area contributed by atoms with Crippen LogP contribution in [-0.4, -0.2) is 21.7 Å². The normalized spacial score (nSPS) is 11.8. The van der Waals surface area contributed by atoms with Gasteiger partial charge in [-0.15, -0.1) is 0 Å². The van der Waals surface area contributed by atoms with Gasteiger partial charge < -0.3 is 26.8 Å². The van der Waals surface area contributed by atoms with E-state index in [4.69, 9.17) is 16.9 Å². The molecule has 0 unspecified atom stereocenters. The first-order valence-corrected chi connectivity index (χ1v) is 8.31. The first-order chi connectivity index (χ1) is 13.2. The third-order valence-corrected chi connectivity index (χ3v) is 4.15. The van der Waals surface area contributed by atoms with Crippen molar-refractivity contribution in [1.29, 1.82) is 5.41 Å². The number of allylic oxidation sites excluding steroid dienone is 1. The van der Waals surface area contributed by atoms with Gasteiger partial charge in [0.15, 0.2) is 0 Å². The molecular weight excluding hydrogens is 340 g/mol. The van der Waals surface area contributed by atoms with Gasteiger partial charge in [0.2, 0.25) is 5.91 Å². The zero-order valence-electron chi connectivity index (χ0n) is 14.6. The highest BCUT2D eigenvalue weighted by molar-refractivity contribution is 6.10. The summed E-state index contributed by atoms with van der Waals surface area (Å²) >= 11 is 0. The molecule has 3 aromatic rings. The van der Waals surface area contributed by atoms with Crippen molar-refractivity contribution in [3.8, 4) is 0 Å². The molecule has 0 aliphatic heterocycles. The van der Waals surface area contributed by atoms with Crippen molar-refractivity contribution < 1.29 is 4.79 Å². The smallest absolute Gasteiger partial charge is 0.248 e. The van der Waals surface area contributed by atoms with Crippen molar-refractivity contribution >= 4 is 40.4 Å². The topological polar surface area (TPSA) is 123 Å². The minimum Gasteiger partial charge on any atom is -0.404 e. The number of benzene rings is 1. The molecule has 0 saturated heterocycles. The number of amides is 1. The van der Waals surface area contributed by atoms with Gasteiger partial charge in [-0.25, -0.2) is 0 Å². The number of carbonyl (C=O) groups is 1. The summed E-state index contributed by atoms with van der Waals surface area (Å²) in [5, 5.41) is 11.3. The van der Waals surface area contributed by atoms with Crippen LogP contribution in [0.3, 0.4) is 0 Å². The lowest BCUT2D eigenvalue weighted by atomic mass is 10.0. The molecule has 7 nitrogen and oxygen atoms in total. The van der Waals surface area contributed by atoms with Crippen LogP contribution in [0, 0.1) is 5.41 Å². The van der Waals surface area contributed by atoms with Gasteiger partial charge in [-0.05, 0) is 42.0 Å². The zero-order valence-corrected chi connectivity index (χ0v) is 14.6. The Morgan fingerprint density at radius 1 is 1.30 bits per heavy atom. The Balaban J connectivity index is 1.77. The Hall–Kier alpha value is -3.71. The van der Waals surface area contributed by atoms with Gasteiger partial charge in [0.1, 0.15) is 0 Å². The number of rotatable bonds is 6. The third-order valence-electron chi connectivity index (χ3n) is 4.15. The number of anilines is 1. The van der Waals surface area contributed by atoms with E-state index >= 15 is 0 Å². The highest BCUT2D eigenvalue weighted by Gasteiger charge is 2.06. The van der Waals surface area contributed by atoms with Crippen LogP contribution < -0.4 is 16.8 Å². The quantitative estimate of drug-likeness (QED) is 0.398. The molecule has 2 aromatic heterocycles.